The average molecular weight is 341 g/mol. The number of carbonyl (C=O) groups excluding carboxylic acids is 1. The Morgan fingerprint density at radius 1 is 1.08 bits per heavy atom. The first kappa shape index (κ1) is 17.1. The lowest BCUT2D eigenvalue weighted by atomic mass is 9.87. The van der Waals surface area contributed by atoms with Crippen LogP contribution in [0.25, 0.3) is 0 Å². The molecule has 1 N–H and O–H groups in total. The monoisotopic (exact) mass is 341 g/mol. The molecule has 1 heterocycles. The molecule has 25 heavy (non-hydrogen) atoms. The van der Waals surface area contributed by atoms with Crippen LogP contribution in [0.3, 0.4) is 0 Å². The van der Waals surface area contributed by atoms with Crippen molar-refractivity contribution >= 4 is 11.6 Å². The van der Waals surface area contributed by atoms with Gasteiger partial charge >= 0.3 is 0 Å². The van der Waals surface area contributed by atoms with E-state index in [1.807, 2.05) is 12.1 Å². The van der Waals surface area contributed by atoms with Crippen LogP contribution in [0.4, 0.5) is 5.69 Å². The van der Waals surface area contributed by atoms with E-state index >= 15 is 0 Å². The molecule has 0 unspecified atom stereocenters. The van der Waals surface area contributed by atoms with Crippen LogP contribution in [0.15, 0.2) is 42.5 Å². The highest BCUT2D eigenvalue weighted by molar-refractivity contribution is 5.91. The Balaban J connectivity index is 1.46. The predicted octanol–water partition coefficient (Wildman–Crippen LogP) is 4.12. The molecule has 132 valence electrons. The van der Waals surface area contributed by atoms with Crippen molar-refractivity contribution in [2.45, 2.75) is 32.6 Å². The van der Waals surface area contributed by atoms with E-state index in [1.165, 1.54) is 5.56 Å². The van der Waals surface area contributed by atoms with Gasteiger partial charge in [0.05, 0.1) is 13.0 Å². The Kier molecular flexibility index (Phi) is 4.83. The van der Waals surface area contributed by atoms with Crippen LogP contribution in [0.2, 0.25) is 0 Å². The van der Waals surface area contributed by atoms with E-state index in [4.69, 9.17) is 14.2 Å². The number of hydrogen-bond acceptors (Lipinski definition) is 4. The van der Waals surface area contributed by atoms with E-state index in [0.717, 1.165) is 5.75 Å². The van der Waals surface area contributed by atoms with Gasteiger partial charge in [-0.3, -0.25) is 4.79 Å². The summed E-state index contributed by atoms with van der Waals surface area (Å²) in [5, 5.41) is 2.83. The molecular formula is C20H23NO4. The van der Waals surface area contributed by atoms with Crippen LogP contribution in [0.5, 0.6) is 17.2 Å². The number of rotatable bonds is 5. The van der Waals surface area contributed by atoms with Gasteiger partial charge in [0.2, 0.25) is 12.7 Å². The van der Waals surface area contributed by atoms with Gasteiger partial charge < -0.3 is 19.5 Å². The second-order valence-electron chi connectivity index (χ2n) is 6.99. The van der Waals surface area contributed by atoms with Gasteiger partial charge in [0.1, 0.15) is 5.75 Å². The minimum atomic E-state index is -0.106. The lowest BCUT2D eigenvalue weighted by Crippen LogP contribution is -2.15. The van der Waals surface area contributed by atoms with E-state index in [9.17, 15) is 4.79 Å². The highest BCUT2D eigenvalue weighted by Gasteiger charge is 2.15. The van der Waals surface area contributed by atoms with E-state index in [2.05, 4.69) is 38.2 Å². The number of fused-ring (bicyclic) bond motifs is 1. The van der Waals surface area contributed by atoms with Crippen LogP contribution in [0.1, 0.15) is 32.8 Å². The molecule has 0 aliphatic carbocycles. The summed E-state index contributed by atoms with van der Waals surface area (Å²) in [6.07, 6.45) is 0.273. The first-order valence-electron chi connectivity index (χ1n) is 8.35. The number of anilines is 1. The summed E-state index contributed by atoms with van der Waals surface area (Å²) >= 11 is 0. The van der Waals surface area contributed by atoms with Crippen LogP contribution < -0.4 is 19.5 Å². The molecule has 0 aromatic heterocycles. The quantitative estimate of drug-likeness (QED) is 0.889. The molecule has 3 rings (SSSR count). The molecule has 0 atom stereocenters. The van der Waals surface area contributed by atoms with Crippen molar-refractivity contribution in [2.24, 2.45) is 0 Å². The molecule has 1 aliphatic rings. The van der Waals surface area contributed by atoms with Crippen molar-refractivity contribution in [3.63, 3.8) is 0 Å². The zero-order chi connectivity index (χ0) is 17.9. The summed E-state index contributed by atoms with van der Waals surface area (Å²) in [4.78, 5) is 12.0. The van der Waals surface area contributed by atoms with E-state index in [-0.39, 0.29) is 24.5 Å². The van der Waals surface area contributed by atoms with Gasteiger partial charge in [-0.25, -0.2) is 0 Å². The Bertz CT molecular complexity index is 747. The van der Waals surface area contributed by atoms with Crippen LogP contribution in [-0.4, -0.2) is 19.3 Å². The minimum Gasteiger partial charge on any atom is -0.493 e. The second-order valence-corrected chi connectivity index (χ2v) is 6.99. The SMILES string of the molecule is CC(C)(C)c1ccc(OCCC(=O)Nc2ccc3c(c2)OCO3)cc1. The third-order valence-electron chi connectivity index (χ3n) is 3.97. The van der Waals surface area contributed by atoms with E-state index < -0.39 is 0 Å². The van der Waals surface area contributed by atoms with Crippen molar-refractivity contribution in [3.8, 4) is 17.2 Å². The standard InChI is InChI=1S/C20H23NO4/c1-20(2,3)14-4-7-16(8-5-14)23-11-10-19(22)21-15-6-9-17-18(12-15)25-13-24-17/h4-9,12H,10-11,13H2,1-3H3,(H,21,22). The molecule has 0 saturated carbocycles. The van der Waals surface area contributed by atoms with Crippen molar-refractivity contribution in [1.29, 1.82) is 0 Å². The summed E-state index contributed by atoms with van der Waals surface area (Å²) in [6, 6.07) is 13.3. The highest BCUT2D eigenvalue weighted by atomic mass is 16.7. The molecule has 1 amide bonds. The van der Waals surface area contributed by atoms with E-state index in [0.29, 0.717) is 23.8 Å². The summed E-state index contributed by atoms with van der Waals surface area (Å²) in [5.41, 5.74) is 2.05. The highest BCUT2D eigenvalue weighted by Crippen LogP contribution is 2.34. The molecule has 2 aromatic rings. The Hall–Kier alpha value is -2.69. The van der Waals surface area contributed by atoms with Crippen molar-refractivity contribution in [3.05, 3.63) is 48.0 Å². The van der Waals surface area contributed by atoms with Crippen molar-refractivity contribution in [2.75, 3.05) is 18.7 Å². The Labute approximate surface area is 147 Å². The lowest BCUT2D eigenvalue weighted by Gasteiger charge is -2.19. The van der Waals surface area contributed by atoms with Gasteiger partial charge in [-0.1, -0.05) is 32.9 Å². The first-order valence-corrected chi connectivity index (χ1v) is 8.35. The lowest BCUT2D eigenvalue weighted by molar-refractivity contribution is -0.116. The molecule has 0 saturated heterocycles. The zero-order valence-corrected chi connectivity index (χ0v) is 14.8. The maximum Gasteiger partial charge on any atom is 0.231 e. The van der Waals surface area contributed by atoms with E-state index in [1.54, 1.807) is 18.2 Å². The van der Waals surface area contributed by atoms with Gasteiger partial charge in [0.15, 0.2) is 11.5 Å². The topological polar surface area (TPSA) is 56.8 Å². The van der Waals surface area contributed by atoms with Gasteiger partial charge in [-0.15, -0.1) is 0 Å². The third kappa shape index (κ3) is 4.44. The minimum absolute atomic E-state index is 0.106. The molecule has 5 nitrogen and oxygen atoms in total. The predicted molar refractivity (Wildman–Crippen MR) is 96.4 cm³/mol. The largest absolute Gasteiger partial charge is 0.493 e. The number of amides is 1. The van der Waals surface area contributed by atoms with Crippen LogP contribution in [-0.2, 0) is 10.2 Å². The number of ether oxygens (including phenoxy) is 3. The maximum atomic E-state index is 12.0. The number of carbonyl (C=O) groups is 1. The number of nitrogens with one attached hydrogen (secondary N) is 1. The van der Waals surface area contributed by atoms with Crippen LogP contribution >= 0.6 is 0 Å². The molecular weight excluding hydrogens is 318 g/mol. The maximum absolute atomic E-state index is 12.0. The van der Waals surface area contributed by atoms with Gasteiger partial charge in [-0.2, -0.15) is 0 Å². The third-order valence-corrected chi connectivity index (χ3v) is 3.97. The summed E-state index contributed by atoms with van der Waals surface area (Å²) in [7, 11) is 0. The molecule has 0 radical (unpaired) electrons. The molecule has 0 spiro atoms. The molecule has 0 bridgehead atoms. The van der Waals surface area contributed by atoms with Crippen molar-refractivity contribution < 1.29 is 19.0 Å². The summed E-state index contributed by atoms with van der Waals surface area (Å²) < 4.78 is 16.2. The molecule has 0 fully saturated rings. The van der Waals surface area contributed by atoms with Gasteiger partial charge in [0, 0.05) is 11.8 Å². The molecule has 1 aliphatic heterocycles. The first-order chi connectivity index (χ1) is 11.9. The Morgan fingerprint density at radius 3 is 2.52 bits per heavy atom. The zero-order valence-electron chi connectivity index (χ0n) is 14.8. The molecule has 2 aromatic carbocycles. The smallest absolute Gasteiger partial charge is 0.231 e. The summed E-state index contributed by atoms with van der Waals surface area (Å²) in [5.74, 6) is 2.00. The summed E-state index contributed by atoms with van der Waals surface area (Å²) in [6.45, 7) is 7.05. The van der Waals surface area contributed by atoms with Gasteiger partial charge in [-0.05, 0) is 35.2 Å². The number of benzene rings is 2. The van der Waals surface area contributed by atoms with Crippen molar-refractivity contribution in [1.82, 2.24) is 0 Å². The normalized spacial score (nSPS) is 12.8. The van der Waals surface area contributed by atoms with Crippen LogP contribution in [0, 0.1) is 0 Å². The fraction of sp³-hybridized carbons (Fsp3) is 0.350. The second kappa shape index (κ2) is 7.05. The fourth-order valence-electron chi connectivity index (χ4n) is 2.51. The molecule has 5 heteroatoms. The fourth-order valence-corrected chi connectivity index (χ4v) is 2.51. The Morgan fingerprint density at radius 2 is 1.80 bits per heavy atom. The van der Waals surface area contributed by atoms with Gasteiger partial charge in [0.25, 0.3) is 0 Å². The number of hydrogen-bond donors (Lipinski definition) is 1. The average Bonchev–Trinajstić information content (AvgIpc) is 3.02.